The molecule has 1 amide bonds. The van der Waals surface area contributed by atoms with Crippen molar-refractivity contribution < 1.29 is 17.9 Å². The zero-order valence-electron chi connectivity index (χ0n) is 17.9. The first kappa shape index (κ1) is 23.4. The summed E-state index contributed by atoms with van der Waals surface area (Å²) in [4.78, 5) is 17.0. The molecule has 0 unspecified atom stereocenters. The molecule has 1 fully saturated rings. The Labute approximate surface area is 202 Å². The smallest absolute Gasteiger partial charge is 0.245 e. The van der Waals surface area contributed by atoms with Crippen LogP contribution in [-0.4, -0.2) is 36.2 Å². The number of nitrogens with one attached hydrogen (secondary N) is 1. The maximum Gasteiger partial charge on any atom is 0.245 e. The number of sulfonamides is 1. The molecule has 172 valence electrons. The summed E-state index contributed by atoms with van der Waals surface area (Å²) < 4.78 is 35.2. The average molecular weight is 530 g/mol. The van der Waals surface area contributed by atoms with Crippen molar-refractivity contribution in [3.63, 3.8) is 0 Å². The van der Waals surface area contributed by atoms with Crippen LogP contribution in [0.2, 0.25) is 0 Å². The molecule has 0 aliphatic carbocycles. The Morgan fingerprint density at radius 3 is 2.48 bits per heavy atom. The Morgan fingerprint density at radius 1 is 1.03 bits per heavy atom. The molecule has 1 aliphatic heterocycles. The second-order valence-corrected chi connectivity index (χ2v) is 10.5. The number of hydrogen-bond acceptors (Lipinski definition) is 5. The van der Waals surface area contributed by atoms with Crippen molar-refractivity contribution in [1.29, 1.82) is 0 Å². The fraction of sp³-hybridized carbons (Fsp3) is 0.250. The van der Waals surface area contributed by atoms with Crippen LogP contribution in [0.1, 0.15) is 24.8 Å². The van der Waals surface area contributed by atoms with Crippen LogP contribution in [0.5, 0.6) is 11.6 Å². The number of aromatic nitrogens is 1. The number of nitrogens with zero attached hydrogens (tertiary/aromatic N) is 2. The van der Waals surface area contributed by atoms with Gasteiger partial charge in [-0.05, 0) is 55.2 Å². The van der Waals surface area contributed by atoms with Crippen molar-refractivity contribution in [3.05, 3.63) is 83.0 Å². The number of para-hydroxylation sites is 1. The van der Waals surface area contributed by atoms with Gasteiger partial charge in [0.15, 0.2) is 0 Å². The maximum absolute atomic E-state index is 13.7. The molecule has 1 aliphatic rings. The molecule has 1 aromatic heterocycles. The highest BCUT2D eigenvalue weighted by Crippen LogP contribution is 2.27. The van der Waals surface area contributed by atoms with Gasteiger partial charge in [0.05, 0.1) is 6.20 Å². The Kier molecular flexibility index (Phi) is 7.42. The number of carbonyl (C=O) groups excluding carboxylic acids is 1. The summed E-state index contributed by atoms with van der Waals surface area (Å²) in [5.74, 6) is 0.615. The summed E-state index contributed by atoms with van der Waals surface area (Å²) in [5, 5.41) is 2.84. The summed E-state index contributed by atoms with van der Waals surface area (Å²) in [6, 6.07) is 18.7. The maximum atomic E-state index is 13.7. The van der Waals surface area contributed by atoms with E-state index in [1.54, 1.807) is 12.1 Å². The first-order chi connectivity index (χ1) is 15.9. The molecule has 7 nitrogen and oxygen atoms in total. The predicted octanol–water partition coefficient (Wildman–Crippen LogP) is 4.50. The van der Waals surface area contributed by atoms with Gasteiger partial charge in [-0.25, -0.2) is 13.4 Å². The van der Waals surface area contributed by atoms with Crippen molar-refractivity contribution in [3.8, 4) is 11.6 Å². The van der Waals surface area contributed by atoms with E-state index in [-0.39, 0.29) is 23.2 Å². The van der Waals surface area contributed by atoms with Crippen LogP contribution < -0.4 is 10.1 Å². The van der Waals surface area contributed by atoms with Crippen LogP contribution in [0.4, 0.5) is 0 Å². The molecule has 0 spiro atoms. The molecule has 1 saturated heterocycles. The van der Waals surface area contributed by atoms with Crippen LogP contribution in [0.25, 0.3) is 0 Å². The summed E-state index contributed by atoms with van der Waals surface area (Å²) in [6.45, 7) is 0.630. The lowest BCUT2D eigenvalue weighted by atomic mass is 10.1. The molecule has 0 saturated carbocycles. The second-order valence-electron chi connectivity index (χ2n) is 7.73. The number of ether oxygens (including phenoxy) is 1. The van der Waals surface area contributed by atoms with Gasteiger partial charge in [0, 0.05) is 23.6 Å². The molecule has 9 heteroatoms. The van der Waals surface area contributed by atoms with Gasteiger partial charge in [-0.15, -0.1) is 0 Å². The Bertz CT molecular complexity index is 1190. The van der Waals surface area contributed by atoms with Gasteiger partial charge in [0.1, 0.15) is 16.7 Å². The minimum atomic E-state index is -4.01. The molecule has 2 aromatic carbocycles. The first-order valence-electron chi connectivity index (χ1n) is 10.7. The van der Waals surface area contributed by atoms with E-state index in [0.717, 1.165) is 22.9 Å². The number of halogens is 1. The molecule has 1 atom stereocenters. The molecule has 2 heterocycles. The van der Waals surface area contributed by atoms with Crippen LogP contribution in [0.3, 0.4) is 0 Å². The quantitative estimate of drug-likeness (QED) is 0.486. The fourth-order valence-electron chi connectivity index (χ4n) is 3.65. The van der Waals surface area contributed by atoms with Gasteiger partial charge in [-0.1, -0.05) is 46.3 Å². The topological polar surface area (TPSA) is 88.6 Å². The average Bonchev–Trinajstić information content (AvgIpc) is 3.04. The Morgan fingerprint density at radius 2 is 1.79 bits per heavy atom. The van der Waals surface area contributed by atoms with E-state index in [9.17, 15) is 13.2 Å². The van der Waals surface area contributed by atoms with Crippen molar-refractivity contribution in [2.75, 3.05) is 6.54 Å². The van der Waals surface area contributed by atoms with Gasteiger partial charge in [-0.2, -0.15) is 4.31 Å². The zero-order valence-corrected chi connectivity index (χ0v) is 20.3. The molecule has 1 N–H and O–H groups in total. The Balaban J connectivity index is 1.64. The molecular formula is C24H24BrN3O4S. The monoisotopic (exact) mass is 529 g/mol. The van der Waals surface area contributed by atoms with Crippen LogP contribution in [0.15, 0.2) is 82.3 Å². The van der Waals surface area contributed by atoms with Crippen LogP contribution >= 0.6 is 15.9 Å². The minimum absolute atomic E-state index is 0.0112. The first-order valence-corrected chi connectivity index (χ1v) is 12.9. The van der Waals surface area contributed by atoms with E-state index in [1.165, 1.54) is 22.6 Å². The Hall–Kier alpha value is -2.75. The number of amides is 1. The summed E-state index contributed by atoms with van der Waals surface area (Å²) in [7, 11) is -4.01. The van der Waals surface area contributed by atoms with Crippen LogP contribution in [0, 0.1) is 0 Å². The van der Waals surface area contributed by atoms with E-state index in [1.807, 2.05) is 42.5 Å². The number of benzene rings is 2. The molecule has 4 rings (SSSR count). The third-order valence-corrected chi connectivity index (χ3v) is 7.75. The lowest BCUT2D eigenvalue weighted by Gasteiger charge is -2.29. The highest BCUT2D eigenvalue weighted by molar-refractivity contribution is 9.10. The summed E-state index contributed by atoms with van der Waals surface area (Å²) >= 11 is 3.40. The molecule has 33 heavy (non-hydrogen) atoms. The highest BCUT2D eigenvalue weighted by atomic mass is 79.9. The van der Waals surface area contributed by atoms with Gasteiger partial charge in [0.2, 0.25) is 21.8 Å². The summed E-state index contributed by atoms with van der Waals surface area (Å²) in [6.07, 6.45) is 3.32. The molecular weight excluding hydrogens is 506 g/mol. The van der Waals surface area contributed by atoms with Gasteiger partial charge in [-0.3, -0.25) is 4.79 Å². The van der Waals surface area contributed by atoms with E-state index in [0.29, 0.717) is 18.7 Å². The summed E-state index contributed by atoms with van der Waals surface area (Å²) in [5.41, 5.74) is 0.788. The lowest BCUT2D eigenvalue weighted by molar-refractivity contribution is -0.124. The number of hydrogen-bond donors (Lipinski definition) is 1. The van der Waals surface area contributed by atoms with Crippen molar-refractivity contribution in [1.82, 2.24) is 14.6 Å². The van der Waals surface area contributed by atoms with E-state index < -0.39 is 16.1 Å². The fourth-order valence-corrected chi connectivity index (χ4v) is 5.47. The van der Waals surface area contributed by atoms with Gasteiger partial charge in [0.25, 0.3) is 0 Å². The lowest BCUT2D eigenvalue weighted by Crippen LogP contribution is -2.48. The number of rotatable bonds is 7. The SMILES string of the molecule is O=C1NCCCC[C@H]1N(Cc1ccc(Br)cc1)S(=O)(=O)c1ccc(Oc2ccccc2)nc1. The third-order valence-electron chi connectivity index (χ3n) is 5.39. The second kappa shape index (κ2) is 10.5. The van der Waals surface area contributed by atoms with Crippen molar-refractivity contribution in [2.24, 2.45) is 0 Å². The molecule has 3 aromatic rings. The number of carbonyl (C=O) groups is 1. The third kappa shape index (κ3) is 5.79. The van der Waals surface area contributed by atoms with Gasteiger partial charge < -0.3 is 10.1 Å². The van der Waals surface area contributed by atoms with Crippen molar-refractivity contribution >= 4 is 31.9 Å². The molecule has 0 bridgehead atoms. The largest absolute Gasteiger partial charge is 0.439 e. The predicted molar refractivity (Wildman–Crippen MR) is 128 cm³/mol. The van der Waals surface area contributed by atoms with Crippen LogP contribution in [-0.2, 0) is 21.4 Å². The normalized spacial score (nSPS) is 16.8. The molecule has 0 radical (unpaired) electrons. The highest BCUT2D eigenvalue weighted by Gasteiger charge is 2.36. The number of pyridine rings is 1. The van der Waals surface area contributed by atoms with Gasteiger partial charge >= 0.3 is 0 Å². The standard InChI is InChI=1S/C24H24BrN3O4S/c25-19-11-9-18(10-12-19)17-28(22-8-4-5-15-26-24(22)29)33(30,31)21-13-14-23(27-16-21)32-20-6-2-1-3-7-20/h1-3,6-7,9-14,16,22H,4-5,8,15,17H2,(H,26,29)/t22-/m1/s1. The van der Waals surface area contributed by atoms with E-state index in [4.69, 9.17) is 4.74 Å². The van der Waals surface area contributed by atoms with Crippen molar-refractivity contribution in [2.45, 2.75) is 36.7 Å². The minimum Gasteiger partial charge on any atom is -0.439 e. The zero-order chi connectivity index (χ0) is 23.3. The van der Waals surface area contributed by atoms with E-state index >= 15 is 0 Å². The van der Waals surface area contributed by atoms with E-state index in [2.05, 4.69) is 26.2 Å².